The lowest BCUT2D eigenvalue weighted by Crippen LogP contribution is -2.05. The van der Waals surface area contributed by atoms with Gasteiger partial charge in [0.1, 0.15) is 0 Å². The molecule has 0 radical (unpaired) electrons. The summed E-state index contributed by atoms with van der Waals surface area (Å²) in [4.78, 5) is 0. The van der Waals surface area contributed by atoms with Crippen molar-refractivity contribution in [1.29, 1.82) is 0 Å². The monoisotopic (exact) mass is 342 g/mol. The molecule has 0 heterocycles. The maximum Gasteiger partial charge on any atom is 0.232 e. The fraction of sp³-hybridized carbons (Fsp3) is 0. The molecule has 0 bridgehead atoms. The Hall–Kier alpha value is 0.745. The molecule has 0 saturated carbocycles. The van der Waals surface area contributed by atoms with Crippen molar-refractivity contribution in [3.63, 3.8) is 0 Å². The molecule has 0 aliphatic rings. The Morgan fingerprint density at radius 2 is 1.67 bits per heavy atom. The molecule has 0 atom stereocenters. The highest BCUT2D eigenvalue weighted by Crippen LogP contribution is 1.99. The molecule has 0 spiro atoms. The van der Waals surface area contributed by atoms with Gasteiger partial charge in [-0.1, -0.05) is 17.6 Å². The Balaban J connectivity index is 2.88. The first-order valence-electron chi connectivity index (χ1n) is 2.63. The van der Waals surface area contributed by atoms with Gasteiger partial charge in [-0.25, -0.2) is 0 Å². The van der Waals surface area contributed by atoms with Crippen LogP contribution in [0.2, 0.25) is 0 Å². The standard InChI is InChI=1S/C6H5BI2/c8-6-3-1-5(7-9)2-4-6/h1-4,7H. The fourth-order valence-corrected chi connectivity index (χ4v) is 1.44. The number of benzene rings is 1. The van der Waals surface area contributed by atoms with Crippen molar-refractivity contribution in [1.82, 2.24) is 0 Å². The first kappa shape index (κ1) is 7.85. The Kier molecular flexibility index (Phi) is 3.32. The summed E-state index contributed by atoms with van der Waals surface area (Å²) in [7, 11) is 0. The van der Waals surface area contributed by atoms with E-state index < -0.39 is 0 Å². The van der Waals surface area contributed by atoms with E-state index in [1.54, 1.807) is 0 Å². The number of hydrogen-bond acceptors (Lipinski definition) is 0. The topological polar surface area (TPSA) is 0 Å². The van der Waals surface area contributed by atoms with Crippen molar-refractivity contribution in [2.45, 2.75) is 0 Å². The van der Waals surface area contributed by atoms with E-state index in [1.807, 2.05) is 0 Å². The molecule has 0 nitrogen and oxygen atoms in total. The van der Waals surface area contributed by atoms with Crippen molar-refractivity contribution in [2.24, 2.45) is 0 Å². The molecule has 0 unspecified atom stereocenters. The van der Waals surface area contributed by atoms with Gasteiger partial charge in [-0.3, -0.25) is 0 Å². The summed E-state index contributed by atoms with van der Waals surface area (Å²) in [6.07, 6.45) is 0. The van der Waals surface area contributed by atoms with E-state index in [1.165, 1.54) is 9.03 Å². The van der Waals surface area contributed by atoms with Crippen LogP contribution in [0, 0.1) is 3.57 Å². The number of rotatable bonds is 1. The summed E-state index contributed by atoms with van der Waals surface area (Å²) in [5, 5.41) is 1.11. The van der Waals surface area contributed by atoms with Gasteiger partial charge in [-0.15, -0.1) is 22.4 Å². The second kappa shape index (κ2) is 3.80. The summed E-state index contributed by atoms with van der Waals surface area (Å²) in [6.45, 7) is 0. The predicted molar refractivity (Wildman–Crippen MR) is 60.0 cm³/mol. The van der Waals surface area contributed by atoms with Crippen LogP contribution in [0.15, 0.2) is 24.3 Å². The molecule has 46 valence electrons. The van der Waals surface area contributed by atoms with Crippen LogP contribution in [0.3, 0.4) is 0 Å². The molecule has 0 aliphatic heterocycles. The van der Waals surface area contributed by atoms with Crippen molar-refractivity contribution in [3.8, 4) is 0 Å². The highest BCUT2D eigenvalue weighted by atomic mass is 127. The maximum atomic E-state index is 2.36. The smallest absolute Gasteiger partial charge is 0.148 e. The average molecular weight is 342 g/mol. The van der Waals surface area contributed by atoms with Gasteiger partial charge >= 0.3 is 0 Å². The van der Waals surface area contributed by atoms with Gasteiger partial charge < -0.3 is 0 Å². The predicted octanol–water partition coefficient (Wildman–Crippen LogP) is 1.70. The van der Waals surface area contributed by atoms with Crippen LogP contribution < -0.4 is 5.46 Å². The number of halogens is 2. The minimum Gasteiger partial charge on any atom is -0.148 e. The van der Waals surface area contributed by atoms with Crippen molar-refractivity contribution < 1.29 is 0 Å². The molecule has 1 aromatic carbocycles. The molecule has 0 amide bonds. The van der Waals surface area contributed by atoms with Crippen molar-refractivity contribution >= 4 is 55.6 Å². The quantitative estimate of drug-likeness (QED) is 0.539. The van der Waals surface area contributed by atoms with E-state index in [9.17, 15) is 0 Å². The Morgan fingerprint density at radius 1 is 1.11 bits per heavy atom. The molecule has 3 heteroatoms. The van der Waals surface area contributed by atoms with Crippen LogP contribution in [0.1, 0.15) is 0 Å². The lowest BCUT2D eigenvalue weighted by atomic mass is 9.97. The minimum atomic E-state index is 1.11. The van der Waals surface area contributed by atoms with Gasteiger partial charge in [-0.05, 0) is 34.7 Å². The third-order valence-corrected chi connectivity index (χ3v) is 2.67. The molecular formula is C6H5BI2. The molecule has 0 saturated heterocycles. The van der Waals surface area contributed by atoms with Gasteiger partial charge in [-0.2, -0.15) is 0 Å². The van der Waals surface area contributed by atoms with E-state index in [-0.39, 0.29) is 0 Å². The minimum absolute atomic E-state index is 1.11. The molecule has 0 aliphatic carbocycles. The Morgan fingerprint density at radius 3 is 2.11 bits per heavy atom. The molecule has 0 N–H and O–H groups in total. The van der Waals surface area contributed by atoms with Crippen LogP contribution in [-0.2, 0) is 0 Å². The van der Waals surface area contributed by atoms with E-state index in [4.69, 9.17) is 0 Å². The SMILES string of the molecule is IBc1ccc(I)cc1. The average Bonchev–Trinajstić information content (AvgIpc) is 1.90. The summed E-state index contributed by atoms with van der Waals surface area (Å²) in [5.41, 5.74) is 1.40. The lowest BCUT2D eigenvalue weighted by molar-refractivity contribution is 1.69. The Labute approximate surface area is 82.7 Å². The summed E-state index contributed by atoms with van der Waals surface area (Å²) in [5.74, 6) is 0. The Bertz CT molecular complexity index is 183. The molecular weight excluding hydrogens is 337 g/mol. The van der Waals surface area contributed by atoms with Crippen molar-refractivity contribution in [3.05, 3.63) is 27.8 Å². The van der Waals surface area contributed by atoms with E-state index in [0.29, 0.717) is 0 Å². The van der Waals surface area contributed by atoms with Gasteiger partial charge in [0.25, 0.3) is 0 Å². The van der Waals surface area contributed by atoms with Crippen LogP contribution in [0.25, 0.3) is 0 Å². The van der Waals surface area contributed by atoms with Gasteiger partial charge in [0, 0.05) is 3.57 Å². The van der Waals surface area contributed by atoms with Crippen LogP contribution >= 0.6 is 45.0 Å². The third-order valence-electron chi connectivity index (χ3n) is 1.07. The highest BCUT2D eigenvalue weighted by molar-refractivity contribution is 14.1. The normalized spacial score (nSPS) is 9.11. The third kappa shape index (κ3) is 2.45. The summed E-state index contributed by atoms with van der Waals surface area (Å²) < 4.78 is 1.31. The van der Waals surface area contributed by atoms with E-state index in [0.717, 1.165) is 5.14 Å². The second-order valence-corrected chi connectivity index (χ2v) is 3.77. The van der Waals surface area contributed by atoms with Gasteiger partial charge in [0.15, 0.2) is 0 Å². The zero-order chi connectivity index (χ0) is 6.69. The molecule has 0 fully saturated rings. The number of hydrogen-bond donors (Lipinski definition) is 0. The lowest BCUT2D eigenvalue weighted by Gasteiger charge is -1.91. The first-order valence-corrected chi connectivity index (χ1v) is 5.24. The largest absolute Gasteiger partial charge is 0.232 e. The van der Waals surface area contributed by atoms with Crippen LogP contribution in [0.5, 0.6) is 0 Å². The first-order chi connectivity index (χ1) is 4.33. The maximum absolute atomic E-state index is 2.36. The van der Waals surface area contributed by atoms with Gasteiger partial charge in [0.05, 0.1) is 0 Å². The molecule has 1 rings (SSSR count). The zero-order valence-corrected chi connectivity index (χ0v) is 9.09. The molecule has 1 aromatic rings. The van der Waals surface area contributed by atoms with Gasteiger partial charge in [0.2, 0.25) is 5.14 Å². The molecule has 9 heavy (non-hydrogen) atoms. The second-order valence-electron chi connectivity index (χ2n) is 1.76. The summed E-state index contributed by atoms with van der Waals surface area (Å²) in [6, 6.07) is 8.59. The summed E-state index contributed by atoms with van der Waals surface area (Å²) >= 11 is 4.67. The van der Waals surface area contributed by atoms with E-state index in [2.05, 4.69) is 69.2 Å². The fourth-order valence-electron chi connectivity index (χ4n) is 0.573. The molecule has 0 aromatic heterocycles. The van der Waals surface area contributed by atoms with E-state index >= 15 is 0 Å². The van der Waals surface area contributed by atoms with Crippen molar-refractivity contribution in [2.75, 3.05) is 0 Å². The van der Waals surface area contributed by atoms with Crippen LogP contribution in [-0.4, -0.2) is 5.14 Å². The zero-order valence-electron chi connectivity index (χ0n) is 4.77. The van der Waals surface area contributed by atoms with Crippen LogP contribution in [0.4, 0.5) is 0 Å². The highest BCUT2D eigenvalue weighted by Gasteiger charge is 1.88.